The Hall–Kier alpha value is -0.370. The van der Waals surface area contributed by atoms with Gasteiger partial charge in [0.05, 0.1) is 6.04 Å². The maximum absolute atomic E-state index is 10.8. The molecular formula is C7H15NO. The molecule has 0 unspecified atom stereocenters. The van der Waals surface area contributed by atoms with E-state index in [-0.39, 0.29) is 11.8 Å². The number of carbonyl (C=O) groups excluding carboxylic acids is 1. The van der Waals surface area contributed by atoms with Crippen molar-refractivity contribution in [2.45, 2.75) is 39.2 Å². The number of ketones is 1. The molecule has 0 aliphatic carbocycles. The van der Waals surface area contributed by atoms with E-state index in [0.717, 1.165) is 12.8 Å². The highest BCUT2D eigenvalue weighted by atomic mass is 16.1. The maximum Gasteiger partial charge on any atom is 0.149 e. The summed E-state index contributed by atoms with van der Waals surface area (Å²) in [4.78, 5) is 10.8. The van der Waals surface area contributed by atoms with Crippen molar-refractivity contribution in [2.75, 3.05) is 0 Å². The average Bonchev–Trinajstić information content (AvgIpc) is 1.82. The maximum atomic E-state index is 10.8. The zero-order valence-corrected chi connectivity index (χ0v) is 6.18. The van der Waals surface area contributed by atoms with Gasteiger partial charge in [-0.25, -0.2) is 0 Å². The van der Waals surface area contributed by atoms with Gasteiger partial charge in [0.15, 0.2) is 0 Å². The summed E-state index contributed by atoms with van der Waals surface area (Å²) < 4.78 is 0. The molecule has 1 atom stereocenters. The lowest BCUT2D eigenvalue weighted by atomic mass is 10.1. The minimum Gasteiger partial charge on any atom is -0.322 e. The second-order valence-electron chi connectivity index (χ2n) is 2.36. The summed E-state index contributed by atoms with van der Waals surface area (Å²) in [5, 5.41) is 0. The molecule has 0 aromatic heterocycles. The van der Waals surface area contributed by atoms with E-state index in [1.54, 1.807) is 6.92 Å². The van der Waals surface area contributed by atoms with E-state index >= 15 is 0 Å². The Bertz CT molecular complexity index is 88.9. The van der Waals surface area contributed by atoms with Crippen LogP contribution in [0.3, 0.4) is 0 Å². The predicted octanol–water partition coefficient (Wildman–Crippen LogP) is 1.09. The van der Waals surface area contributed by atoms with Gasteiger partial charge in [0, 0.05) is 6.42 Å². The first-order valence-corrected chi connectivity index (χ1v) is 3.46. The normalized spacial score (nSPS) is 13.2. The number of rotatable bonds is 4. The van der Waals surface area contributed by atoms with Crippen molar-refractivity contribution in [3.8, 4) is 0 Å². The number of carbonyl (C=O) groups is 1. The second-order valence-corrected chi connectivity index (χ2v) is 2.36. The topological polar surface area (TPSA) is 43.1 Å². The first-order chi connectivity index (χ1) is 4.18. The summed E-state index contributed by atoms with van der Waals surface area (Å²) in [5.41, 5.74) is 5.33. The summed E-state index contributed by atoms with van der Waals surface area (Å²) in [6, 6.07) is -0.267. The lowest BCUT2D eigenvalue weighted by Crippen LogP contribution is -2.26. The highest BCUT2D eigenvalue weighted by Crippen LogP contribution is 1.96. The first-order valence-electron chi connectivity index (χ1n) is 3.46. The van der Waals surface area contributed by atoms with Crippen molar-refractivity contribution in [1.29, 1.82) is 0 Å². The molecule has 0 amide bonds. The predicted molar refractivity (Wildman–Crippen MR) is 38.2 cm³/mol. The van der Waals surface area contributed by atoms with E-state index in [9.17, 15) is 4.79 Å². The van der Waals surface area contributed by atoms with Crippen LogP contribution < -0.4 is 5.73 Å². The van der Waals surface area contributed by atoms with Gasteiger partial charge in [0.2, 0.25) is 0 Å². The largest absolute Gasteiger partial charge is 0.322 e. The lowest BCUT2D eigenvalue weighted by molar-refractivity contribution is -0.120. The molecule has 9 heavy (non-hydrogen) atoms. The van der Waals surface area contributed by atoms with Crippen LogP contribution in [0, 0.1) is 0 Å². The van der Waals surface area contributed by atoms with Gasteiger partial charge in [-0.2, -0.15) is 0 Å². The molecule has 2 N–H and O–H groups in total. The van der Waals surface area contributed by atoms with Gasteiger partial charge < -0.3 is 5.73 Å². The average molecular weight is 129 g/mol. The zero-order valence-electron chi connectivity index (χ0n) is 6.18. The molecule has 0 fully saturated rings. The van der Waals surface area contributed by atoms with Crippen LogP contribution in [0.5, 0.6) is 0 Å². The summed E-state index contributed by atoms with van der Waals surface area (Å²) >= 11 is 0. The Kier molecular flexibility index (Phi) is 4.32. The quantitative estimate of drug-likeness (QED) is 0.617. The van der Waals surface area contributed by atoms with E-state index in [1.165, 1.54) is 0 Å². The Balaban J connectivity index is 3.28. The molecule has 0 saturated carbocycles. The molecule has 0 spiro atoms. The molecule has 0 heterocycles. The summed E-state index contributed by atoms with van der Waals surface area (Å²) in [5.74, 6) is 0.178. The van der Waals surface area contributed by atoms with E-state index in [1.807, 2.05) is 0 Å². The van der Waals surface area contributed by atoms with Crippen LogP contribution in [0.25, 0.3) is 0 Å². The van der Waals surface area contributed by atoms with Gasteiger partial charge in [-0.1, -0.05) is 13.3 Å². The van der Waals surface area contributed by atoms with Crippen molar-refractivity contribution in [3.05, 3.63) is 0 Å². The smallest absolute Gasteiger partial charge is 0.149 e. The number of hydrogen-bond donors (Lipinski definition) is 1. The summed E-state index contributed by atoms with van der Waals surface area (Å²) in [7, 11) is 0. The van der Waals surface area contributed by atoms with Crippen LogP contribution in [0.2, 0.25) is 0 Å². The Morgan fingerprint density at radius 1 is 1.67 bits per heavy atom. The number of hydrogen-bond acceptors (Lipinski definition) is 2. The third-order valence-electron chi connectivity index (χ3n) is 1.28. The standard InChI is InChI=1S/C7H15NO/c1-3-4-5-7(9)6(2)8/h6H,3-5,8H2,1-2H3/t6-/m1/s1. The van der Waals surface area contributed by atoms with Crippen molar-refractivity contribution in [3.63, 3.8) is 0 Å². The minimum absolute atomic E-state index is 0.178. The lowest BCUT2D eigenvalue weighted by Gasteiger charge is -2.00. The number of nitrogens with two attached hydrogens (primary N) is 1. The number of unbranched alkanes of at least 4 members (excludes halogenated alkanes) is 1. The van der Waals surface area contributed by atoms with E-state index in [4.69, 9.17) is 5.73 Å². The fourth-order valence-corrected chi connectivity index (χ4v) is 0.579. The molecule has 0 aliphatic rings. The molecule has 2 nitrogen and oxygen atoms in total. The molecule has 0 radical (unpaired) electrons. The SMILES string of the molecule is CCCCC(=O)[C@@H](C)N. The molecule has 0 saturated heterocycles. The highest BCUT2D eigenvalue weighted by molar-refractivity contribution is 5.83. The van der Waals surface area contributed by atoms with Crippen molar-refractivity contribution >= 4 is 5.78 Å². The molecule has 0 rings (SSSR count). The highest BCUT2D eigenvalue weighted by Gasteiger charge is 2.04. The Labute approximate surface area is 56.4 Å². The Morgan fingerprint density at radius 2 is 2.22 bits per heavy atom. The summed E-state index contributed by atoms with van der Waals surface area (Å²) in [6.45, 7) is 3.80. The van der Waals surface area contributed by atoms with Crippen LogP contribution in [0.15, 0.2) is 0 Å². The zero-order chi connectivity index (χ0) is 7.28. The van der Waals surface area contributed by atoms with Gasteiger partial charge in [-0.05, 0) is 13.3 Å². The minimum atomic E-state index is -0.267. The van der Waals surface area contributed by atoms with Gasteiger partial charge in [0.25, 0.3) is 0 Å². The van der Waals surface area contributed by atoms with Gasteiger partial charge >= 0.3 is 0 Å². The van der Waals surface area contributed by atoms with Gasteiger partial charge in [0.1, 0.15) is 5.78 Å². The third kappa shape index (κ3) is 4.15. The van der Waals surface area contributed by atoms with E-state index in [0.29, 0.717) is 6.42 Å². The molecule has 0 aliphatic heterocycles. The van der Waals surface area contributed by atoms with Crippen LogP contribution in [-0.4, -0.2) is 11.8 Å². The van der Waals surface area contributed by atoms with Crippen LogP contribution in [0.1, 0.15) is 33.1 Å². The van der Waals surface area contributed by atoms with E-state index in [2.05, 4.69) is 6.92 Å². The summed E-state index contributed by atoms with van der Waals surface area (Å²) in [6.07, 6.45) is 2.69. The van der Waals surface area contributed by atoms with Gasteiger partial charge in [-0.3, -0.25) is 4.79 Å². The van der Waals surface area contributed by atoms with Crippen LogP contribution in [-0.2, 0) is 4.79 Å². The van der Waals surface area contributed by atoms with Crippen molar-refractivity contribution in [2.24, 2.45) is 5.73 Å². The molecule has 0 bridgehead atoms. The fourth-order valence-electron chi connectivity index (χ4n) is 0.579. The molecule has 2 heteroatoms. The van der Waals surface area contributed by atoms with Crippen LogP contribution in [0.4, 0.5) is 0 Å². The van der Waals surface area contributed by atoms with Crippen LogP contribution >= 0.6 is 0 Å². The fraction of sp³-hybridized carbons (Fsp3) is 0.857. The van der Waals surface area contributed by atoms with E-state index < -0.39 is 0 Å². The molecule has 54 valence electrons. The first kappa shape index (κ1) is 8.63. The Morgan fingerprint density at radius 3 is 2.56 bits per heavy atom. The molecule has 0 aromatic rings. The third-order valence-corrected chi connectivity index (χ3v) is 1.28. The second kappa shape index (κ2) is 4.50. The molecule has 0 aromatic carbocycles. The van der Waals surface area contributed by atoms with Crippen molar-refractivity contribution in [1.82, 2.24) is 0 Å². The number of Topliss-reactive ketones (excluding diaryl/α,β-unsaturated/α-hetero) is 1. The van der Waals surface area contributed by atoms with Crippen molar-refractivity contribution < 1.29 is 4.79 Å². The monoisotopic (exact) mass is 129 g/mol. The molecular weight excluding hydrogens is 114 g/mol. The van der Waals surface area contributed by atoms with Gasteiger partial charge in [-0.15, -0.1) is 0 Å².